The number of imidazole rings is 2. The van der Waals surface area contributed by atoms with Crippen molar-refractivity contribution < 1.29 is 9.59 Å². The molecule has 13 heteroatoms. The first kappa shape index (κ1) is 36.1. The summed E-state index contributed by atoms with van der Waals surface area (Å²) in [5.74, 6) is -0.610. The van der Waals surface area contributed by atoms with Crippen molar-refractivity contribution in [3.05, 3.63) is 94.2 Å². The van der Waals surface area contributed by atoms with E-state index >= 15 is 0 Å². The second kappa shape index (κ2) is 15.4. The molecule has 53 heavy (non-hydrogen) atoms. The van der Waals surface area contributed by atoms with Gasteiger partial charge in [0, 0.05) is 46.8 Å². The maximum atomic E-state index is 13.8. The summed E-state index contributed by atoms with van der Waals surface area (Å²) < 4.78 is 11.9. The van der Waals surface area contributed by atoms with Gasteiger partial charge < -0.3 is 18.3 Å². The molecule has 7 rings (SSSR count). The van der Waals surface area contributed by atoms with Gasteiger partial charge in [0.25, 0.3) is 11.8 Å². The predicted molar refractivity (Wildman–Crippen MR) is 205 cm³/mol. The standard InChI is InChI=1S/C40H51N11O2/c1-7-50-34(25-28(3)43-50)37(52)41-39-45(5)31-18-10-11-19-32(31)48(39)23-14-15-24-49-36-30(27-47-21-12-9-13-22-47)17-16-20-33(36)46(6)40(49)42-38(53)35-26-29(4)44-51(35)8-2/h10-11,16-20,25-26H,7-9,12-15,21-24,27H2,1-6H3. The number of likely N-dealkylation sites (tertiary alicyclic amines) is 1. The van der Waals surface area contributed by atoms with E-state index in [1.165, 1.54) is 24.8 Å². The first-order chi connectivity index (χ1) is 25.7. The van der Waals surface area contributed by atoms with Crippen molar-refractivity contribution in [2.45, 2.75) is 92.5 Å². The lowest BCUT2D eigenvalue weighted by atomic mass is 10.1. The number of para-hydroxylation sites is 3. The number of carbonyl (C=O) groups is 2. The number of nitrogens with zero attached hydrogens (tertiary/aromatic N) is 11. The molecule has 6 aromatic rings. The molecule has 1 saturated heterocycles. The topological polar surface area (TPSA) is 117 Å². The van der Waals surface area contributed by atoms with Gasteiger partial charge in [-0.25, -0.2) is 0 Å². The van der Waals surface area contributed by atoms with E-state index in [4.69, 9.17) is 4.99 Å². The van der Waals surface area contributed by atoms with E-state index in [1.807, 2.05) is 64.6 Å². The van der Waals surface area contributed by atoms with Crippen molar-refractivity contribution >= 4 is 33.9 Å². The van der Waals surface area contributed by atoms with E-state index in [2.05, 4.69) is 64.1 Å². The number of rotatable bonds is 11. The van der Waals surface area contributed by atoms with Crippen molar-refractivity contribution in [3.63, 3.8) is 0 Å². The van der Waals surface area contributed by atoms with E-state index < -0.39 is 0 Å². The Morgan fingerprint density at radius 1 is 0.679 bits per heavy atom. The van der Waals surface area contributed by atoms with Gasteiger partial charge in [-0.2, -0.15) is 20.2 Å². The molecule has 0 unspecified atom stereocenters. The first-order valence-corrected chi connectivity index (χ1v) is 19.0. The highest BCUT2D eigenvalue weighted by Gasteiger charge is 2.20. The van der Waals surface area contributed by atoms with Crippen LogP contribution in [0.25, 0.3) is 22.1 Å². The molecule has 1 aliphatic heterocycles. The third kappa shape index (κ3) is 7.09. The van der Waals surface area contributed by atoms with Gasteiger partial charge in [0.2, 0.25) is 11.2 Å². The first-order valence-electron chi connectivity index (χ1n) is 19.0. The van der Waals surface area contributed by atoms with E-state index in [-0.39, 0.29) is 11.8 Å². The van der Waals surface area contributed by atoms with Crippen molar-refractivity contribution in [1.29, 1.82) is 0 Å². The van der Waals surface area contributed by atoms with Gasteiger partial charge in [0.15, 0.2) is 0 Å². The molecule has 4 aromatic heterocycles. The highest BCUT2D eigenvalue weighted by Crippen LogP contribution is 2.23. The zero-order valence-electron chi connectivity index (χ0n) is 31.9. The lowest BCUT2D eigenvalue weighted by Gasteiger charge is -2.26. The number of carbonyl (C=O) groups excluding carboxylic acids is 2. The van der Waals surface area contributed by atoms with Crippen LogP contribution in [0.4, 0.5) is 0 Å². The number of aromatic nitrogens is 8. The fraction of sp³-hybridized carbons (Fsp3) is 0.450. The van der Waals surface area contributed by atoms with Gasteiger partial charge in [-0.3, -0.25) is 23.9 Å². The van der Waals surface area contributed by atoms with Crippen LogP contribution in [0.15, 0.2) is 64.6 Å². The molecule has 0 N–H and O–H groups in total. The largest absolute Gasteiger partial charge is 0.313 e. The summed E-state index contributed by atoms with van der Waals surface area (Å²) >= 11 is 0. The zero-order valence-corrected chi connectivity index (χ0v) is 31.9. The lowest BCUT2D eigenvalue weighted by Crippen LogP contribution is -2.30. The summed E-state index contributed by atoms with van der Waals surface area (Å²) in [6.07, 6.45) is 5.35. The Hall–Kier alpha value is -5.30. The number of hydrogen-bond acceptors (Lipinski definition) is 5. The van der Waals surface area contributed by atoms with Crippen molar-refractivity contribution in [3.8, 4) is 0 Å². The second-order valence-corrected chi connectivity index (χ2v) is 14.1. The van der Waals surface area contributed by atoms with E-state index in [0.29, 0.717) is 48.8 Å². The maximum Gasteiger partial charge on any atom is 0.298 e. The summed E-state index contributed by atoms with van der Waals surface area (Å²) in [5.41, 5.74) is 9.23. The Bertz CT molecular complexity index is 2440. The molecule has 0 saturated carbocycles. The molecule has 13 nitrogen and oxygen atoms in total. The number of benzene rings is 2. The molecule has 2 amide bonds. The van der Waals surface area contributed by atoms with E-state index in [9.17, 15) is 9.59 Å². The summed E-state index contributed by atoms with van der Waals surface area (Å²) in [7, 11) is 3.96. The Balaban J connectivity index is 1.24. The highest BCUT2D eigenvalue weighted by atomic mass is 16.2. The average molecular weight is 718 g/mol. The number of piperidine rings is 1. The van der Waals surface area contributed by atoms with Crippen molar-refractivity contribution in [1.82, 2.24) is 42.7 Å². The van der Waals surface area contributed by atoms with Crippen LogP contribution in [0.1, 0.15) is 83.9 Å². The third-order valence-electron chi connectivity index (χ3n) is 10.4. The minimum Gasteiger partial charge on any atom is -0.313 e. The summed E-state index contributed by atoms with van der Waals surface area (Å²) in [6, 6.07) is 18.2. The smallest absolute Gasteiger partial charge is 0.298 e. The molecule has 5 heterocycles. The molecule has 0 spiro atoms. The molecule has 2 aromatic carbocycles. The number of fused-ring (bicyclic) bond motifs is 2. The Labute approximate surface area is 309 Å². The zero-order chi connectivity index (χ0) is 37.2. The second-order valence-electron chi connectivity index (χ2n) is 14.1. The van der Waals surface area contributed by atoms with Crippen molar-refractivity contribution in [2.75, 3.05) is 13.1 Å². The summed E-state index contributed by atoms with van der Waals surface area (Å²) in [4.78, 5) is 39.4. The maximum absolute atomic E-state index is 13.8. The molecule has 1 fully saturated rings. The fourth-order valence-corrected chi connectivity index (χ4v) is 7.86. The quantitative estimate of drug-likeness (QED) is 0.169. The number of hydrogen-bond donors (Lipinski definition) is 0. The summed E-state index contributed by atoms with van der Waals surface area (Å²) in [5, 5.41) is 8.97. The van der Waals surface area contributed by atoms with Gasteiger partial charge in [-0.05, 0) is 102 Å². The monoisotopic (exact) mass is 717 g/mol. The Kier molecular flexibility index (Phi) is 10.5. The molecule has 1 aliphatic rings. The Morgan fingerprint density at radius 2 is 1.21 bits per heavy atom. The molecule has 0 bridgehead atoms. The highest BCUT2D eigenvalue weighted by molar-refractivity contribution is 5.94. The minimum absolute atomic E-state index is 0.300. The number of aryl methyl sites for hydroxylation is 8. The predicted octanol–water partition coefficient (Wildman–Crippen LogP) is 5.27. The van der Waals surface area contributed by atoms with Crippen LogP contribution in [-0.2, 0) is 46.8 Å². The third-order valence-corrected chi connectivity index (χ3v) is 10.4. The Morgan fingerprint density at radius 3 is 1.81 bits per heavy atom. The molecule has 0 atom stereocenters. The fourth-order valence-electron chi connectivity index (χ4n) is 7.86. The van der Waals surface area contributed by atoms with Crippen LogP contribution < -0.4 is 11.2 Å². The molecule has 0 radical (unpaired) electrons. The number of amides is 2. The van der Waals surface area contributed by atoms with Crippen LogP contribution in [-0.4, -0.2) is 67.6 Å². The van der Waals surface area contributed by atoms with E-state index in [1.54, 1.807) is 15.4 Å². The van der Waals surface area contributed by atoms with Gasteiger partial charge >= 0.3 is 0 Å². The van der Waals surface area contributed by atoms with Crippen LogP contribution in [0, 0.1) is 13.8 Å². The summed E-state index contributed by atoms with van der Waals surface area (Å²) in [6.45, 7) is 13.3. The minimum atomic E-state index is -0.310. The van der Waals surface area contributed by atoms with Crippen LogP contribution in [0.5, 0.6) is 0 Å². The van der Waals surface area contributed by atoms with Gasteiger partial charge in [-0.15, -0.1) is 0 Å². The lowest BCUT2D eigenvalue weighted by molar-refractivity contribution is 0.0977. The van der Waals surface area contributed by atoms with Gasteiger partial charge in [0.05, 0.1) is 33.5 Å². The van der Waals surface area contributed by atoms with Crippen LogP contribution in [0.3, 0.4) is 0 Å². The molecule has 0 aliphatic carbocycles. The average Bonchev–Trinajstić information content (AvgIpc) is 3.89. The van der Waals surface area contributed by atoms with Gasteiger partial charge in [0.1, 0.15) is 11.4 Å². The van der Waals surface area contributed by atoms with Crippen LogP contribution in [0.2, 0.25) is 0 Å². The normalized spacial score (nSPS) is 14.7. The van der Waals surface area contributed by atoms with E-state index in [0.717, 1.165) is 65.9 Å². The van der Waals surface area contributed by atoms with Gasteiger partial charge in [-0.1, -0.05) is 30.7 Å². The number of unbranched alkanes of at least 4 members (excludes halogenated alkanes) is 1. The molecular formula is C40H51N11O2. The SMILES string of the molecule is CCn1nc(C)cc1C(=O)N=c1n(C)c2ccccc2n1CCCCn1c(=NC(=O)c2cc(C)nn2CC)n(C)c2cccc(CN3CCCCC3)c21. The van der Waals surface area contributed by atoms with Crippen LogP contribution >= 0.6 is 0 Å². The van der Waals surface area contributed by atoms with Crippen molar-refractivity contribution in [2.24, 2.45) is 24.1 Å². The molecule has 278 valence electrons. The molecular weight excluding hydrogens is 667 g/mol.